The number of likely N-dealkylation sites (N-methyl/N-ethyl adjacent to an activating group) is 1. The number of ketones is 1. The van der Waals surface area contributed by atoms with Crippen LogP contribution in [0.5, 0.6) is 0 Å². The van der Waals surface area contributed by atoms with Crippen LogP contribution in [-0.2, 0) is 19.9 Å². The van der Waals surface area contributed by atoms with Crippen molar-refractivity contribution in [2.45, 2.75) is 48.0 Å². The van der Waals surface area contributed by atoms with Crippen LogP contribution in [0.4, 0.5) is 4.79 Å². The fourth-order valence-electron chi connectivity index (χ4n) is 3.58. The van der Waals surface area contributed by atoms with Crippen molar-refractivity contribution in [3.05, 3.63) is 60.2 Å². The van der Waals surface area contributed by atoms with Crippen molar-refractivity contribution in [3.63, 3.8) is 0 Å². The minimum atomic E-state index is -1.11. The molecular formula is C21H21NO4S. The second-order valence-corrected chi connectivity index (χ2v) is 7.97. The summed E-state index contributed by atoms with van der Waals surface area (Å²) in [5.74, 6) is -0.0380. The van der Waals surface area contributed by atoms with Gasteiger partial charge in [-0.15, -0.1) is 0 Å². The van der Waals surface area contributed by atoms with Gasteiger partial charge in [0.2, 0.25) is 6.29 Å². The number of ether oxygens (including phenoxy) is 2. The van der Waals surface area contributed by atoms with Crippen molar-refractivity contribution in [3.8, 4) is 0 Å². The molecule has 2 aliphatic rings. The van der Waals surface area contributed by atoms with Crippen LogP contribution < -0.4 is 0 Å². The molecule has 2 fully saturated rings. The first-order valence-electron chi connectivity index (χ1n) is 9.03. The first kappa shape index (κ1) is 18.1. The lowest BCUT2D eigenvalue weighted by atomic mass is 9.85. The molecule has 2 saturated heterocycles. The van der Waals surface area contributed by atoms with Gasteiger partial charge in [0.25, 0.3) is 0 Å². The second kappa shape index (κ2) is 7.02. The summed E-state index contributed by atoms with van der Waals surface area (Å²) in [4.78, 5) is 28.6. The van der Waals surface area contributed by atoms with E-state index >= 15 is 0 Å². The van der Waals surface area contributed by atoms with E-state index in [1.165, 1.54) is 0 Å². The molecule has 2 aliphatic heterocycles. The highest BCUT2D eigenvalue weighted by atomic mass is 32.2. The molecule has 0 unspecified atom stereocenters. The van der Waals surface area contributed by atoms with Crippen LogP contribution in [0.15, 0.2) is 64.4 Å². The Morgan fingerprint density at radius 3 is 2.41 bits per heavy atom. The number of carbonyl (C=O) groups is 2. The van der Waals surface area contributed by atoms with Gasteiger partial charge in [-0.05, 0) is 43.7 Å². The summed E-state index contributed by atoms with van der Waals surface area (Å²) in [6, 6.07) is 17.6. The van der Waals surface area contributed by atoms with E-state index in [4.69, 9.17) is 9.47 Å². The fraction of sp³-hybridized carbons (Fsp3) is 0.333. The molecule has 27 heavy (non-hydrogen) atoms. The molecule has 0 spiro atoms. The highest BCUT2D eigenvalue weighted by molar-refractivity contribution is 7.99. The van der Waals surface area contributed by atoms with Gasteiger partial charge in [0.05, 0.1) is 0 Å². The number of amides is 1. The first-order chi connectivity index (χ1) is 13.0. The van der Waals surface area contributed by atoms with Gasteiger partial charge in [-0.25, -0.2) is 4.79 Å². The standard InChI is InChI=1S/C21H21NO4S/c1-3-22-17-13-18(23)21(2,26-19(17)25-20(22)24)14-9-11-16(12-10-14)27-15-7-5-4-6-8-15/h4-12,17,19H,3,13H2,1-2H3/t17-,19+,21+/m0/s1. The topological polar surface area (TPSA) is 55.8 Å². The lowest BCUT2D eigenvalue weighted by molar-refractivity contribution is -0.205. The molecule has 2 heterocycles. The molecule has 0 N–H and O–H groups in total. The van der Waals surface area contributed by atoms with E-state index in [1.54, 1.807) is 23.6 Å². The minimum Gasteiger partial charge on any atom is -0.417 e. The van der Waals surface area contributed by atoms with Crippen LogP contribution in [0, 0.1) is 0 Å². The lowest BCUT2D eigenvalue weighted by Crippen LogP contribution is -2.52. The maximum atomic E-state index is 12.9. The Labute approximate surface area is 162 Å². The average molecular weight is 383 g/mol. The SMILES string of the molecule is CCN1C(=O)O[C@@H]2O[C@](C)(c3ccc(Sc4ccccc4)cc3)C(=O)C[C@@H]21. The van der Waals surface area contributed by atoms with Gasteiger partial charge in [0, 0.05) is 22.8 Å². The van der Waals surface area contributed by atoms with E-state index in [-0.39, 0.29) is 18.2 Å². The summed E-state index contributed by atoms with van der Waals surface area (Å²) in [5.41, 5.74) is -0.337. The van der Waals surface area contributed by atoms with Gasteiger partial charge in [-0.3, -0.25) is 9.69 Å². The Kier molecular flexibility index (Phi) is 4.70. The second-order valence-electron chi connectivity index (χ2n) is 6.82. The van der Waals surface area contributed by atoms with Crippen LogP contribution in [0.25, 0.3) is 0 Å². The number of rotatable bonds is 4. The molecule has 0 aliphatic carbocycles. The van der Waals surface area contributed by atoms with Gasteiger partial charge < -0.3 is 9.47 Å². The Morgan fingerprint density at radius 1 is 1.07 bits per heavy atom. The van der Waals surface area contributed by atoms with E-state index in [1.807, 2.05) is 49.4 Å². The highest BCUT2D eigenvalue weighted by Gasteiger charge is 2.54. The van der Waals surface area contributed by atoms with Gasteiger partial charge in [-0.1, -0.05) is 42.1 Å². The van der Waals surface area contributed by atoms with Crippen LogP contribution in [0.2, 0.25) is 0 Å². The van der Waals surface area contributed by atoms with Gasteiger partial charge in [0.1, 0.15) is 6.04 Å². The molecule has 3 atom stereocenters. The normalized spacial score (nSPS) is 27.4. The Bertz CT molecular complexity index is 854. The van der Waals surface area contributed by atoms with Crippen molar-refractivity contribution in [2.75, 3.05) is 6.54 Å². The van der Waals surface area contributed by atoms with E-state index < -0.39 is 18.0 Å². The van der Waals surface area contributed by atoms with Gasteiger partial charge >= 0.3 is 6.09 Å². The van der Waals surface area contributed by atoms with Gasteiger partial charge in [-0.2, -0.15) is 0 Å². The molecule has 1 amide bonds. The largest absolute Gasteiger partial charge is 0.417 e. The van der Waals surface area contributed by atoms with Crippen LogP contribution in [-0.4, -0.2) is 35.7 Å². The number of hydrogen-bond donors (Lipinski definition) is 0. The van der Waals surface area contributed by atoms with Crippen molar-refractivity contribution in [1.82, 2.24) is 4.90 Å². The number of hydrogen-bond acceptors (Lipinski definition) is 5. The lowest BCUT2D eigenvalue weighted by Gasteiger charge is -2.38. The molecule has 0 aromatic heterocycles. The number of Topliss-reactive ketones (excluding diaryl/α,β-unsaturated/α-hetero) is 1. The van der Waals surface area contributed by atoms with E-state index in [0.29, 0.717) is 6.54 Å². The Hall–Kier alpha value is -2.31. The molecule has 0 saturated carbocycles. The number of fused-ring (bicyclic) bond motifs is 1. The van der Waals surface area contributed by atoms with Crippen molar-refractivity contribution in [2.24, 2.45) is 0 Å². The third-order valence-corrected chi connectivity index (χ3v) is 6.18. The molecular weight excluding hydrogens is 362 g/mol. The zero-order chi connectivity index (χ0) is 19.0. The minimum absolute atomic E-state index is 0.0380. The van der Waals surface area contributed by atoms with Crippen LogP contribution in [0.1, 0.15) is 25.8 Å². The number of nitrogens with zero attached hydrogens (tertiary/aromatic N) is 1. The Balaban J connectivity index is 1.54. The predicted octanol–water partition coefficient (Wildman–Crippen LogP) is 4.21. The molecule has 140 valence electrons. The molecule has 0 radical (unpaired) electrons. The summed E-state index contributed by atoms with van der Waals surface area (Å²) >= 11 is 1.66. The maximum Gasteiger partial charge on any atom is 0.412 e. The Morgan fingerprint density at radius 2 is 1.74 bits per heavy atom. The molecule has 0 bridgehead atoms. The molecule has 2 aromatic carbocycles. The molecule has 5 nitrogen and oxygen atoms in total. The van der Waals surface area contributed by atoms with Crippen molar-refractivity contribution < 1.29 is 19.1 Å². The number of benzene rings is 2. The van der Waals surface area contributed by atoms with Crippen LogP contribution in [0.3, 0.4) is 0 Å². The third kappa shape index (κ3) is 3.24. The van der Waals surface area contributed by atoms with Crippen LogP contribution >= 0.6 is 11.8 Å². The molecule has 2 aromatic rings. The quantitative estimate of drug-likeness (QED) is 0.792. The van der Waals surface area contributed by atoms with Crippen molar-refractivity contribution >= 4 is 23.6 Å². The van der Waals surface area contributed by atoms with E-state index in [2.05, 4.69) is 12.1 Å². The zero-order valence-electron chi connectivity index (χ0n) is 15.3. The van der Waals surface area contributed by atoms with Gasteiger partial charge in [0.15, 0.2) is 11.4 Å². The van der Waals surface area contributed by atoms with E-state index in [9.17, 15) is 9.59 Å². The number of carbonyl (C=O) groups excluding carboxylic acids is 2. The smallest absolute Gasteiger partial charge is 0.412 e. The zero-order valence-corrected chi connectivity index (χ0v) is 16.1. The first-order valence-corrected chi connectivity index (χ1v) is 9.84. The summed E-state index contributed by atoms with van der Waals surface area (Å²) in [6.07, 6.45) is -0.890. The highest BCUT2D eigenvalue weighted by Crippen LogP contribution is 2.40. The summed E-state index contributed by atoms with van der Waals surface area (Å²) < 4.78 is 11.4. The monoisotopic (exact) mass is 383 g/mol. The summed E-state index contributed by atoms with van der Waals surface area (Å²) in [6.45, 7) is 4.12. The predicted molar refractivity (Wildman–Crippen MR) is 102 cm³/mol. The average Bonchev–Trinajstić information content (AvgIpc) is 2.97. The fourth-order valence-corrected chi connectivity index (χ4v) is 4.42. The maximum absolute atomic E-state index is 12.9. The third-order valence-electron chi connectivity index (χ3n) is 5.17. The molecule has 4 rings (SSSR count). The summed E-state index contributed by atoms with van der Waals surface area (Å²) in [5, 5.41) is 0. The van der Waals surface area contributed by atoms with Crippen molar-refractivity contribution in [1.29, 1.82) is 0 Å². The summed E-state index contributed by atoms with van der Waals surface area (Å²) in [7, 11) is 0. The molecule has 6 heteroatoms. The van der Waals surface area contributed by atoms with E-state index in [0.717, 1.165) is 15.4 Å².